The van der Waals surface area contributed by atoms with Crippen molar-refractivity contribution in [2.45, 2.75) is 50.8 Å². The summed E-state index contributed by atoms with van der Waals surface area (Å²) in [6.07, 6.45) is 4.24. The van der Waals surface area contributed by atoms with Gasteiger partial charge in [-0.3, -0.25) is 4.21 Å². The largest absolute Gasteiger partial charge is 0.323 e. The van der Waals surface area contributed by atoms with Crippen molar-refractivity contribution in [3.05, 3.63) is 35.4 Å². The Labute approximate surface area is 119 Å². The molecular weight excluding hydrogens is 254 g/mol. The van der Waals surface area contributed by atoms with E-state index in [2.05, 4.69) is 32.0 Å². The van der Waals surface area contributed by atoms with Crippen LogP contribution in [0.5, 0.6) is 0 Å². The molecule has 0 bridgehead atoms. The summed E-state index contributed by atoms with van der Waals surface area (Å²) >= 11 is 0. The fourth-order valence-corrected chi connectivity index (χ4v) is 4.72. The highest BCUT2D eigenvalue weighted by Gasteiger charge is 2.29. The molecule has 106 valence electrons. The van der Waals surface area contributed by atoms with E-state index in [1.54, 1.807) is 0 Å². The van der Waals surface area contributed by atoms with Gasteiger partial charge in [0.25, 0.3) is 0 Å². The summed E-state index contributed by atoms with van der Waals surface area (Å²) < 4.78 is 12.6. The van der Waals surface area contributed by atoms with Gasteiger partial charge in [-0.1, -0.05) is 44.5 Å². The highest BCUT2D eigenvalue weighted by atomic mass is 32.2. The number of rotatable bonds is 4. The quantitative estimate of drug-likeness (QED) is 0.860. The predicted molar refractivity (Wildman–Crippen MR) is 82.6 cm³/mol. The van der Waals surface area contributed by atoms with Crippen molar-refractivity contribution in [3.8, 4) is 0 Å². The second kappa shape index (κ2) is 6.67. The SMILES string of the molecule is CCC(C)CS(=O)C1CCCc2ccccc2C1N. The van der Waals surface area contributed by atoms with Crippen molar-refractivity contribution in [2.24, 2.45) is 11.7 Å². The van der Waals surface area contributed by atoms with Gasteiger partial charge < -0.3 is 5.73 Å². The van der Waals surface area contributed by atoms with Crippen LogP contribution in [0.4, 0.5) is 0 Å². The van der Waals surface area contributed by atoms with E-state index in [1.807, 2.05) is 6.07 Å². The molecule has 0 amide bonds. The molecule has 1 aliphatic rings. The molecule has 1 aromatic carbocycles. The number of hydrogen-bond donors (Lipinski definition) is 1. The highest BCUT2D eigenvalue weighted by Crippen LogP contribution is 2.30. The lowest BCUT2D eigenvalue weighted by atomic mass is 10.00. The lowest BCUT2D eigenvalue weighted by Crippen LogP contribution is -2.32. The van der Waals surface area contributed by atoms with Gasteiger partial charge in [0, 0.05) is 22.6 Å². The second-order valence-corrected chi connectivity index (χ2v) is 7.42. The van der Waals surface area contributed by atoms with E-state index in [1.165, 1.54) is 11.1 Å². The third-order valence-corrected chi connectivity index (χ3v) is 6.33. The normalized spacial score (nSPS) is 26.3. The zero-order valence-electron chi connectivity index (χ0n) is 12.0. The zero-order valence-corrected chi connectivity index (χ0v) is 12.8. The Bertz CT molecular complexity index is 446. The van der Waals surface area contributed by atoms with Crippen molar-refractivity contribution in [3.63, 3.8) is 0 Å². The predicted octanol–water partition coefficient (Wildman–Crippen LogP) is 3.19. The van der Waals surface area contributed by atoms with Gasteiger partial charge in [-0.2, -0.15) is 0 Å². The minimum Gasteiger partial charge on any atom is -0.323 e. The maximum absolute atomic E-state index is 12.6. The van der Waals surface area contributed by atoms with Gasteiger partial charge in [0.1, 0.15) is 0 Å². The van der Waals surface area contributed by atoms with Gasteiger partial charge >= 0.3 is 0 Å². The van der Waals surface area contributed by atoms with Crippen LogP contribution in [0, 0.1) is 5.92 Å². The molecule has 19 heavy (non-hydrogen) atoms. The summed E-state index contributed by atoms with van der Waals surface area (Å²) in [6.45, 7) is 4.33. The molecule has 0 fully saturated rings. The third kappa shape index (κ3) is 3.46. The maximum atomic E-state index is 12.6. The third-order valence-electron chi connectivity index (χ3n) is 4.23. The molecule has 1 aliphatic carbocycles. The molecular formula is C16H25NOS. The lowest BCUT2D eigenvalue weighted by molar-refractivity contribution is 0.575. The molecule has 2 nitrogen and oxygen atoms in total. The van der Waals surface area contributed by atoms with Crippen molar-refractivity contribution >= 4 is 10.8 Å². The van der Waals surface area contributed by atoms with Crippen LogP contribution >= 0.6 is 0 Å². The van der Waals surface area contributed by atoms with E-state index in [-0.39, 0.29) is 11.3 Å². The van der Waals surface area contributed by atoms with Crippen molar-refractivity contribution < 1.29 is 4.21 Å². The van der Waals surface area contributed by atoms with E-state index in [0.29, 0.717) is 5.92 Å². The minimum atomic E-state index is -0.810. The van der Waals surface area contributed by atoms with Crippen molar-refractivity contribution in [2.75, 3.05) is 5.75 Å². The maximum Gasteiger partial charge on any atom is 0.0541 e. The van der Waals surface area contributed by atoms with Crippen LogP contribution in [0.1, 0.15) is 50.3 Å². The van der Waals surface area contributed by atoms with Gasteiger partial charge in [0.2, 0.25) is 0 Å². The zero-order chi connectivity index (χ0) is 13.8. The number of benzene rings is 1. The van der Waals surface area contributed by atoms with Crippen LogP contribution in [-0.2, 0) is 17.2 Å². The van der Waals surface area contributed by atoms with Gasteiger partial charge in [-0.15, -0.1) is 0 Å². The molecule has 4 unspecified atom stereocenters. The molecule has 2 N–H and O–H groups in total. The fraction of sp³-hybridized carbons (Fsp3) is 0.625. The van der Waals surface area contributed by atoms with Gasteiger partial charge in [0.15, 0.2) is 0 Å². The van der Waals surface area contributed by atoms with E-state index in [9.17, 15) is 4.21 Å². The van der Waals surface area contributed by atoms with Crippen LogP contribution in [0.25, 0.3) is 0 Å². The summed E-state index contributed by atoms with van der Waals surface area (Å²) in [5, 5.41) is 0.123. The molecule has 3 heteroatoms. The van der Waals surface area contributed by atoms with E-state index < -0.39 is 10.8 Å². The Morgan fingerprint density at radius 2 is 2.16 bits per heavy atom. The standard InChI is InChI=1S/C16H25NOS/c1-3-12(2)11-19(18)15-10-6-8-13-7-4-5-9-14(13)16(15)17/h4-5,7,9,12,15-16H,3,6,8,10-11,17H2,1-2H3. The van der Waals surface area contributed by atoms with Crippen LogP contribution in [-0.4, -0.2) is 15.2 Å². The van der Waals surface area contributed by atoms with Gasteiger partial charge in [-0.05, 0) is 36.3 Å². The lowest BCUT2D eigenvalue weighted by Gasteiger charge is -2.23. The topological polar surface area (TPSA) is 43.1 Å². The molecule has 2 rings (SSSR count). The number of fused-ring (bicyclic) bond motifs is 1. The summed E-state index contributed by atoms with van der Waals surface area (Å²) in [4.78, 5) is 0. The summed E-state index contributed by atoms with van der Waals surface area (Å²) in [6, 6.07) is 8.32. The fourth-order valence-electron chi connectivity index (χ4n) is 2.78. The molecule has 0 aliphatic heterocycles. The average Bonchev–Trinajstić information content (AvgIpc) is 2.58. The van der Waals surface area contributed by atoms with E-state index >= 15 is 0 Å². The highest BCUT2D eigenvalue weighted by molar-refractivity contribution is 7.85. The average molecular weight is 279 g/mol. The summed E-state index contributed by atoms with van der Waals surface area (Å²) in [7, 11) is -0.810. The number of hydrogen-bond acceptors (Lipinski definition) is 2. The van der Waals surface area contributed by atoms with Crippen molar-refractivity contribution in [1.82, 2.24) is 0 Å². The Morgan fingerprint density at radius 3 is 2.89 bits per heavy atom. The Hall–Kier alpha value is -0.670. The van der Waals surface area contributed by atoms with E-state index in [0.717, 1.165) is 31.4 Å². The Balaban J connectivity index is 2.17. The molecule has 0 heterocycles. The first-order chi connectivity index (χ1) is 9.13. The molecule has 0 aromatic heterocycles. The first-order valence-corrected chi connectivity index (χ1v) is 8.72. The van der Waals surface area contributed by atoms with E-state index in [4.69, 9.17) is 5.73 Å². The molecule has 0 saturated heterocycles. The Morgan fingerprint density at radius 1 is 1.42 bits per heavy atom. The molecule has 0 radical (unpaired) electrons. The second-order valence-electron chi connectivity index (χ2n) is 5.72. The van der Waals surface area contributed by atoms with Crippen LogP contribution < -0.4 is 5.73 Å². The van der Waals surface area contributed by atoms with Crippen molar-refractivity contribution in [1.29, 1.82) is 0 Å². The van der Waals surface area contributed by atoms with Crippen LogP contribution in [0.15, 0.2) is 24.3 Å². The first kappa shape index (κ1) is 14.7. The minimum absolute atomic E-state index is 0.0661. The smallest absolute Gasteiger partial charge is 0.0541 e. The van der Waals surface area contributed by atoms with Gasteiger partial charge in [0.05, 0.1) is 5.25 Å². The summed E-state index contributed by atoms with van der Waals surface area (Å²) in [5.74, 6) is 1.31. The number of nitrogens with two attached hydrogens (primary N) is 1. The van der Waals surface area contributed by atoms with Crippen LogP contribution in [0.3, 0.4) is 0 Å². The van der Waals surface area contributed by atoms with Crippen LogP contribution in [0.2, 0.25) is 0 Å². The molecule has 0 spiro atoms. The Kier molecular flexibility index (Phi) is 5.17. The molecule has 4 atom stereocenters. The molecule has 0 saturated carbocycles. The first-order valence-electron chi connectivity index (χ1n) is 7.34. The van der Waals surface area contributed by atoms with Gasteiger partial charge in [-0.25, -0.2) is 0 Å². The summed E-state index contributed by atoms with van der Waals surface area (Å²) in [5.41, 5.74) is 8.97. The monoisotopic (exact) mass is 279 g/mol. The number of aryl methyl sites for hydroxylation is 1. The molecule has 1 aromatic rings.